The van der Waals surface area contributed by atoms with Gasteiger partial charge in [-0.2, -0.15) is 0 Å². The molecule has 0 aliphatic rings. The van der Waals surface area contributed by atoms with Crippen molar-refractivity contribution >= 4 is 126 Å². The molecule has 0 saturated heterocycles. The van der Waals surface area contributed by atoms with Gasteiger partial charge in [-0.15, -0.1) is 0 Å². The summed E-state index contributed by atoms with van der Waals surface area (Å²) in [5, 5.41) is 25.4. The maximum atomic E-state index is 9.59. The van der Waals surface area contributed by atoms with Crippen molar-refractivity contribution in [2.24, 2.45) is 0 Å². The maximum absolute atomic E-state index is 9.59. The molecule has 9 aromatic carbocycles. The average molecular weight is 1560 g/mol. The molecule has 21 heteroatoms. The number of aliphatic hydroxyl groups is 3. The first kappa shape index (κ1) is 114. The molecular formula is C81H138O12Si9. The summed E-state index contributed by atoms with van der Waals surface area (Å²) >= 11 is 0. The Hall–Kier alpha value is -6.90. The van der Waals surface area contributed by atoms with Crippen LogP contribution in [0, 0.1) is 0 Å². The van der Waals surface area contributed by atoms with Gasteiger partial charge in [0.05, 0.1) is 21.3 Å². The van der Waals surface area contributed by atoms with E-state index in [2.05, 4.69) is 283 Å². The summed E-state index contributed by atoms with van der Waals surface area (Å²) in [4.78, 5) is 28.8. The minimum Gasteiger partial charge on any atom is -0.469 e. The Morgan fingerprint density at radius 3 is 0.422 bits per heavy atom. The quantitative estimate of drug-likeness (QED) is 0.109. The molecule has 0 aliphatic heterocycles. The highest BCUT2D eigenvalue weighted by Gasteiger charge is 1.88. The van der Waals surface area contributed by atoms with Crippen LogP contribution in [-0.4, -0.2) is 211 Å². The van der Waals surface area contributed by atoms with Gasteiger partial charge in [0.25, 0.3) is 0 Å². The number of ether oxygens (including phenoxy) is 6. The average Bonchev–Trinajstić information content (AvgIpc) is 1.59. The lowest BCUT2D eigenvalue weighted by molar-refractivity contribution is -0.138. The van der Waals surface area contributed by atoms with Crippen molar-refractivity contribution in [1.82, 2.24) is 0 Å². The van der Waals surface area contributed by atoms with Crippen molar-refractivity contribution in [2.75, 3.05) is 85.3 Å². The summed E-state index contributed by atoms with van der Waals surface area (Å²) in [6.07, 6.45) is 3.81. The molecule has 0 saturated carbocycles. The second kappa shape index (κ2) is 103. The zero-order chi connectivity index (χ0) is 79.4. The fraction of sp³-hybridized carbons (Fsp3) is 0.296. The third kappa shape index (κ3) is 107. The molecule has 0 spiro atoms. The predicted molar refractivity (Wildman–Crippen MR) is 479 cm³/mol. The van der Waals surface area contributed by atoms with Crippen LogP contribution in [0.1, 0.15) is 54.2 Å². The maximum Gasteiger partial charge on any atom is 0.302 e. The van der Waals surface area contributed by atoms with E-state index >= 15 is 0 Å². The Balaban J connectivity index is -0.000000130. The molecule has 0 radical (unpaired) electrons. The molecular weight excluding hydrogens is 1420 g/mol. The topological polar surface area (TPSA) is 167 Å². The molecule has 3 N–H and O–H groups in total. The largest absolute Gasteiger partial charge is 0.469 e. The van der Waals surface area contributed by atoms with E-state index in [-0.39, 0.29) is 17.9 Å². The fourth-order valence-corrected chi connectivity index (χ4v) is 10.8. The van der Waals surface area contributed by atoms with E-state index < -0.39 is 0 Å². The Morgan fingerprint density at radius 1 is 0.245 bits per heavy atom. The normalized spacial score (nSPS) is 8.41. The van der Waals surface area contributed by atoms with Gasteiger partial charge in [0.2, 0.25) is 0 Å². The van der Waals surface area contributed by atoms with Gasteiger partial charge in [-0.1, -0.05) is 323 Å². The molecule has 0 amide bonds. The Kier molecular flexibility index (Phi) is 114. The van der Waals surface area contributed by atoms with Crippen LogP contribution in [0.3, 0.4) is 0 Å². The summed E-state index contributed by atoms with van der Waals surface area (Å²) in [6, 6.07) is 103. The van der Waals surface area contributed by atoms with Crippen molar-refractivity contribution < 1.29 is 58.1 Å². The summed E-state index contributed by atoms with van der Waals surface area (Å²) in [5.41, 5.74) is 8.85. The Labute approximate surface area is 647 Å². The van der Waals surface area contributed by atoms with Crippen molar-refractivity contribution in [3.8, 4) is 0 Å². The van der Waals surface area contributed by atoms with E-state index in [4.69, 9.17) is 15.3 Å². The van der Waals surface area contributed by atoms with Gasteiger partial charge in [-0.25, -0.2) is 0 Å². The summed E-state index contributed by atoms with van der Waals surface area (Å²) in [5.74, 6) is -0.736. The SMILES string of the molecule is CO.CO.CO.COC.COC.COC.COC(C)=O.COC(C)=O.COC(C)=O.[SiH3]CCc1ccccc1.[SiH3]CCc1ccccc1.[SiH3]CCc1ccccc1.[SiH3]Cc1ccccc1.[SiH3]Cc1ccccc1.[SiH3]Cc1ccccc1.[SiH3]c1ccccc1.[SiH3]c1ccccc1.[SiH3]c1ccccc1. The van der Waals surface area contributed by atoms with Crippen LogP contribution in [-0.2, 0) is 80.2 Å². The summed E-state index contributed by atoms with van der Waals surface area (Å²) in [6.45, 7) is 4.08. The molecule has 9 rings (SSSR count). The number of carbonyl (C=O) groups excluding carboxylic acids is 3. The molecule has 0 aromatic heterocycles. The first-order valence-corrected chi connectivity index (χ1v) is 45.8. The lowest BCUT2D eigenvalue weighted by Gasteiger charge is -1.93. The standard InChI is InChI=1S/3C8H12Si.3C7H10Si.3C6H8Si.3C3H6O2.3C2H6O.3CH4O/c3*9-7-6-8-4-2-1-3-5-8;3*8-6-7-4-2-1-3-5-7;3*7-6-4-2-1-3-5-6;3*1-3(4)5-2;3*1-3-2;3*1-2/h3*1-5H,6-7H2,9H3;3*1-5H,6H2,8H3;3*1-5H,7H3;3*1-2H3;3*1-2H3;3*2H,1H3. The molecule has 0 atom stereocenters. The zero-order valence-electron chi connectivity index (χ0n) is 67.4. The van der Waals surface area contributed by atoms with Gasteiger partial charge >= 0.3 is 17.9 Å². The van der Waals surface area contributed by atoms with Crippen LogP contribution in [0.2, 0.25) is 18.1 Å². The second-order valence-electron chi connectivity index (χ2n) is 20.5. The third-order valence-electron chi connectivity index (χ3n) is 11.6. The number of aliphatic hydroxyl groups excluding tert-OH is 3. The highest BCUT2D eigenvalue weighted by molar-refractivity contribution is 6.32. The molecule has 102 heavy (non-hydrogen) atoms. The number of esters is 3. The third-order valence-corrected chi connectivity index (χ3v) is 17.5. The summed E-state index contributed by atoms with van der Waals surface area (Å²) in [7, 11) is 28.1. The van der Waals surface area contributed by atoms with E-state index in [0.717, 1.165) is 21.3 Å². The second-order valence-corrected chi connectivity index (χ2v) is 29.1. The minimum absolute atomic E-state index is 0.245. The minimum atomic E-state index is -0.245. The van der Waals surface area contributed by atoms with Gasteiger partial charge in [0.15, 0.2) is 0 Å². The van der Waals surface area contributed by atoms with Crippen LogP contribution in [0.25, 0.3) is 0 Å². The van der Waals surface area contributed by atoms with Gasteiger partial charge in [0.1, 0.15) is 0 Å². The number of benzene rings is 9. The van der Waals surface area contributed by atoms with Crippen LogP contribution < -0.4 is 15.6 Å². The Bertz CT molecular complexity index is 2600. The van der Waals surface area contributed by atoms with E-state index in [0.29, 0.717) is 0 Å². The van der Waals surface area contributed by atoms with Gasteiger partial charge in [0, 0.05) is 177 Å². The molecule has 0 unspecified atom stereocenters. The van der Waals surface area contributed by atoms with Crippen LogP contribution in [0.15, 0.2) is 273 Å². The van der Waals surface area contributed by atoms with Crippen molar-refractivity contribution in [2.45, 2.75) is 76.3 Å². The molecule has 0 heterocycles. The molecule has 570 valence electrons. The number of rotatable bonds is 9. The van der Waals surface area contributed by atoms with Crippen LogP contribution in [0.5, 0.6) is 0 Å². The van der Waals surface area contributed by atoms with Crippen molar-refractivity contribution in [3.05, 3.63) is 306 Å². The first-order chi connectivity index (χ1) is 49.3. The van der Waals surface area contributed by atoms with E-state index in [9.17, 15) is 14.4 Å². The molecule has 12 nitrogen and oxygen atoms in total. The predicted octanol–water partition coefficient (Wildman–Crippen LogP) is 3.88. The number of carbonyl (C=O) groups is 3. The fourth-order valence-electron chi connectivity index (χ4n) is 6.54. The van der Waals surface area contributed by atoms with Gasteiger partial charge in [-0.3, -0.25) is 14.4 Å². The van der Waals surface area contributed by atoms with Crippen LogP contribution in [0.4, 0.5) is 0 Å². The lowest BCUT2D eigenvalue weighted by atomic mass is 10.2. The zero-order valence-corrected chi connectivity index (χ0v) is 85.4. The van der Waals surface area contributed by atoms with Crippen molar-refractivity contribution in [1.29, 1.82) is 0 Å². The van der Waals surface area contributed by atoms with Gasteiger partial charge < -0.3 is 43.7 Å². The molecule has 0 aliphatic carbocycles. The van der Waals surface area contributed by atoms with Crippen LogP contribution >= 0.6 is 0 Å². The van der Waals surface area contributed by atoms with Crippen molar-refractivity contribution in [3.63, 3.8) is 0 Å². The monoisotopic (exact) mass is 1550 g/mol. The first-order valence-electron chi connectivity index (χ1n) is 34.3. The smallest absolute Gasteiger partial charge is 0.302 e. The number of aryl methyl sites for hydroxylation is 3. The van der Waals surface area contributed by atoms with E-state index in [1.54, 1.807) is 42.7 Å². The lowest BCUT2D eigenvalue weighted by Crippen LogP contribution is -1.97. The number of hydrogen-bond acceptors (Lipinski definition) is 12. The Morgan fingerprint density at radius 2 is 0.353 bits per heavy atom. The number of methoxy groups -OCH3 is 6. The number of hydrogen-bond donors (Lipinski definition) is 3. The van der Waals surface area contributed by atoms with E-state index in [1.807, 2.05) is 18.2 Å². The highest BCUT2D eigenvalue weighted by atomic mass is 28.2. The van der Waals surface area contributed by atoms with Gasteiger partial charge in [-0.05, 0) is 54.1 Å². The van der Waals surface area contributed by atoms with E-state index in [1.165, 1.54) is 239 Å². The summed E-state index contributed by atoms with van der Waals surface area (Å²) < 4.78 is 25.1. The highest BCUT2D eigenvalue weighted by Crippen LogP contribution is 2.03. The molecule has 0 bridgehead atoms. The molecule has 9 aromatic rings. The molecule has 0 fully saturated rings.